The SMILES string of the molecule is [BaH2].[BiH3].[Mn].[Nd].[Sc]. The molecule has 0 aromatic heterocycles. The van der Waals surface area contributed by atoms with Gasteiger partial charge in [0.05, 0.1) is 0 Å². The summed E-state index contributed by atoms with van der Waals surface area (Å²) in [6.07, 6.45) is 0. The van der Waals surface area contributed by atoms with E-state index in [2.05, 4.69) is 0 Å². The molecular formula is H5BaBiMnNdSc. The zero-order valence-electron chi connectivity index (χ0n) is 2.16. The Morgan fingerprint density at radius 1 is 1.00 bits per heavy atom. The first-order valence-electron chi connectivity index (χ1n) is 0. The average Bonchev–Trinajstić information content (AvgIpc) is 0. The van der Waals surface area contributed by atoms with Gasteiger partial charge in [-0.25, -0.2) is 0 Å². The van der Waals surface area contributed by atoms with Gasteiger partial charge in [0.2, 0.25) is 0 Å². The number of hydrogen-bond acceptors (Lipinski definition) is 0. The summed E-state index contributed by atoms with van der Waals surface area (Å²) in [7, 11) is 0. The molecule has 0 nitrogen and oxygen atoms in total. The van der Waals surface area contributed by atoms with E-state index in [0.717, 1.165) is 0 Å². The Bertz CT molecular complexity index is 11.6. The van der Waals surface area contributed by atoms with Crippen LogP contribution in [0.1, 0.15) is 0 Å². The smallest absolute Gasteiger partial charge is 0 e. The third-order valence-electron chi connectivity index (χ3n) is 0. The van der Waals surface area contributed by atoms with Gasteiger partial charge in [-0.2, -0.15) is 0 Å². The molecule has 5 heavy (non-hydrogen) atoms. The van der Waals surface area contributed by atoms with Gasteiger partial charge in [0, 0.05) is 83.8 Å². The second-order valence-electron chi connectivity index (χ2n) is 0. The largest absolute Gasteiger partial charge is 0 e. The van der Waals surface area contributed by atoms with Gasteiger partial charge < -0.3 is 0 Å². The van der Waals surface area contributed by atoms with Crippen LogP contribution in [-0.4, -0.2) is 75.1 Å². The molecule has 0 aromatic carbocycles. The fourth-order valence-corrected chi connectivity index (χ4v) is 0. The van der Waals surface area contributed by atoms with E-state index >= 15 is 0 Å². The maximum Gasteiger partial charge on any atom is 0 e. The van der Waals surface area contributed by atoms with Gasteiger partial charge in [-0.1, -0.05) is 0 Å². The molecular weight excluding hydrogens is 590 g/mol. The Balaban J connectivity index is 0. The van der Waals surface area contributed by atoms with Gasteiger partial charge in [0.1, 0.15) is 0 Å². The number of hydrogen-bond donors (Lipinski definition) is 0. The van der Waals surface area contributed by atoms with Crippen LogP contribution in [0.15, 0.2) is 0 Å². The maximum atomic E-state index is 0. The molecule has 0 amide bonds. The first kappa shape index (κ1) is 31.9. The normalized spacial score (nSPS) is 0. The Morgan fingerprint density at radius 2 is 1.00 bits per heavy atom. The zero-order valence-corrected chi connectivity index (χ0v) is 13.9. The quantitative estimate of drug-likeness (QED) is 0.282. The molecule has 0 N–H and O–H groups in total. The van der Waals surface area contributed by atoms with Crippen molar-refractivity contribution in [2.45, 2.75) is 0 Å². The summed E-state index contributed by atoms with van der Waals surface area (Å²) in [4.78, 5) is 0. The molecule has 0 aliphatic carbocycles. The van der Waals surface area contributed by atoms with Crippen molar-refractivity contribution in [1.82, 2.24) is 0 Å². The molecule has 0 aliphatic rings. The van der Waals surface area contributed by atoms with Gasteiger partial charge in [-0.15, -0.1) is 0 Å². The Morgan fingerprint density at radius 3 is 1.00 bits per heavy atom. The Labute approximate surface area is 154 Å². The van der Waals surface area contributed by atoms with E-state index in [0.29, 0.717) is 0 Å². The predicted molar refractivity (Wildman–Crippen MR) is 18.5 cm³/mol. The minimum absolute atomic E-state index is 0. The molecule has 0 bridgehead atoms. The van der Waals surface area contributed by atoms with Crippen molar-refractivity contribution in [3.05, 3.63) is 0 Å². The van der Waals surface area contributed by atoms with Crippen molar-refractivity contribution in [1.29, 1.82) is 0 Å². The third-order valence-corrected chi connectivity index (χ3v) is 0. The Hall–Kier alpha value is 5.19. The second kappa shape index (κ2) is 22.9. The molecule has 0 saturated carbocycles. The van der Waals surface area contributed by atoms with Crippen molar-refractivity contribution >= 4 is 75.1 Å². The van der Waals surface area contributed by atoms with Crippen LogP contribution >= 0.6 is 0 Å². The molecule has 0 rings (SSSR count). The van der Waals surface area contributed by atoms with E-state index in [4.69, 9.17) is 0 Å². The van der Waals surface area contributed by atoms with Crippen molar-refractivity contribution in [3.8, 4) is 0 Å². The van der Waals surface area contributed by atoms with Gasteiger partial charge in [-0.3, -0.25) is 0 Å². The first-order valence-corrected chi connectivity index (χ1v) is 0. The van der Waals surface area contributed by atoms with Crippen LogP contribution in [0.25, 0.3) is 0 Å². The van der Waals surface area contributed by atoms with E-state index in [1.165, 1.54) is 0 Å². The summed E-state index contributed by atoms with van der Waals surface area (Å²) in [6, 6.07) is 0. The fourth-order valence-electron chi connectivity index (χ4n) is 0. The third kappa shape index (κ3) is 17.6. The van der Waals surface area contributed by atoms with Crippen LogP contribution in [0.3, 0.4) is 0 Å². The van der Waals surface area contributed by atoms with Gasteiger partial charge in [0.25, 0.3) is 0 Å². The van der Waals surface area contributed by atoms with E-state index < -0.39 is 0 Å². The van der Waals surface area contributed by atoms with Crippen molar-refractivity contribution in [2.24, 2.45) is 0 Å². The average molecular weight is 595 g/mol. The summed E-state index contributed by atoms with van der Waals surface area (Å²) < 4.78 is 0. The van der Waals surface area contributed by atoms with Gasteiger partial charge in [0.15, 0.2) is 0 Å². The zero-order chi connectivity index (χ0) is 0. The van der Waals surface area contributed by atoms with E-state index in [-0.39, 0.29) is 159 Å². The molecule has 0 unspecified atom stereocenters. The molecule has 0 aromatic rings. The monoisotopic (exact) mass is 594 g/mol. The summed E-state index contributed by atoms with van der Waals surface area (Å²) >= 11 is 0. The topological polar surface area (TPSA) is 0 Å². The Kier molecular flexibility index (Phi) is 146. The molecule has 2 radical (unpaired) electrons. The van der Waals surface area contributed by atoms with Crippen LogP contribution in [0.2, 0.25) is 0 Å². The molecule has 0 heterocycles. The standard InChI is InChI=1S/Ba.Bi.Mn.Nd.Sc.5H. The van der Waals surface area contributed by atoms with Crippen molar-refractivity contribution in [3.63, 3.8) is 0 Å². The molecule has 0 aliphatic heterocycles. The van der Waals surface area contributed by atoms with Crippen molar-refractivity contribution in [2.75, 3.05) is 0 Å². The second-order valence-corrected chi connectivity index (χ2v) is 0. The van der Waals surface area contributed by atoms with Crippen molar-refractivity contribution < 1.29 is 83.8 Å². The molecule has 5 heteroatoms. The summed E-state index contributed by atoms with van der Waals surface area (Å²) in [5.74, 6) is 0. The molecule has 0 atom stereocenters. The molecule has 0 spiro atoms. The molecule has 26 valence electrons. The van der Waals surface area contributed by atoms with Gasteiger partial charge >= 0.3 is 75.1 Å². The summed E-state index contributed by atoms with van der Waals surface area (Å²) in [5.41, 5.74) is 0. The number of rotatable bonds is 0. The summed E-state index contributed by atoms with van der Waals surface area (Å²) in [6.45, 7) is 0. The van der Waals surface area contributed by atoms with Crippen LogP contribution < -0.4 is 0 Å². The van der Waals surface area contributed by atoms with Crippen LogP contribution in [-0.2, 0) is 42.9 Å². The van der Waals surface area contributed by atoms with Gasteiger partial charge in [-0.05, 0) is 0 Å². The maximum absolute atomic E-state index is 0. The van der Waals surface area contributed by atoms with Crippen LogP contribution in [0, 0.1) is 40.8 Å². The first-order chi connectivity index (χ1) is 0. The van der Waals surface area contributed by atoms with E-state index in [9.17, 15) is 0 Å². The fraction of sp³-hybridized carbons (Fsp3) is 0. The van der Waals surface area contributed by atoms with Crippen LogP contribution in [0.4, 0.5) is 0 Å². The minimum Gasteiger partial charge on any atom is 0 e. The summed E-state index contributed by atoms with van der Waals surface area (Å²) in [5, 5.41) is 0. The minimum atomic E-state index is 0. The van der Waals surface area contributed by atoms with Crippen LogP contribution in [0.5, 0.6) is 0 Å². The predicted octanol–water partition coefficient (Wildman–Crippen LogP) is -2.11. The van der Waals surface area contributed by atoms with E-state index in [1.807, 2.05) is 0 Å². The molecule has 0 fully saturated rings. The molecule has 0 saturated heterocycles. The van der Waals surface area contributed by atoms with E-state index in [1.54, 1.807) is 0 Å².